The molecule has 28 heavy (non-hydrogen) atoms. The van der Waals surface area contributed by atoms with E-state index in [2.05, 4.69) is 10.1 Å². The van der Waals surface area contributed by atoms with Crippen LogP contribution in [0.5, 0.6) is 11.5 Å². The molecule has 0 bridgehead atoms. The van der Waals surface area contributed by atoms with Crippen LogP contribution >= 0.6 is 0 Å². The van der Waals surface area contributed by atoms with E-state index >= 15 is 0 Å². The van der Waals surface area contributed by atoms with Gasteiger partial charge in [-0.15, -0.1) is 0 Å². The molecular formula is C21H21N3O4. The number of rotatable bonds is 6. The van der Waals surface area contributed by atoms with E-state index in [9.17, 15) is 4.79 Å². The van der Waals surface area contributed by atoms with Gasteiger partial charge in [0.2, 0.25) is 17.6 Å². The van der Waals surface area contributed by atoms with E-state index < -0.39 is 0 Å². The van der Waals surface area contributed by atoms with Crippen molar-refractivity contribution in [3.8, 4) is 22.9 Å². The molecule has 0 aliphatic carbocycles. The Kier molecular flexibility index (Phi) is 5.23. The molecule has 0 saturated heterocycles. The molecule has 1 amide bonds. The zero-order valence-electron chi connectivity index (χ0n) is 15.6. The summed E-state index contributed by atoms with van der Waals surface area (Å²) in [5, 5.41) is 3.98. The lowest BCUT2D eigenvalue weighted by molar-refractivity contribution is -0.131. The van der Waals surface area contributed by atoms with E-state index in [-0.39, 0.29) is 18.4 Å². The molecule has 0 radical (unpaired) electrons. The summed E-state index contributed by atoms with van der Waals surface area (Å²) in [6, 6.07) is 17.1. The van der Waals surface area contributed by atoms with Gasteiger partial charge in [0.1, 0.15) is 6.61 Å². The van der Waals surface area contributed by atoms with Gasteiger partial charge in [-0.05, 0) is 12.1 Å². The number of fused-ring (bicyclic) bond motifs is 1. The van der Waals surface area contributed by atoms with Gasteiger partial charge >= 0.3 is 0 Å². The first-order valence-electron chi connectivity index (χ1n) is 9.19. The van der Waals surface area contributed by atoms with Crippen molar-refractivity contribution < 1.29 is 18.8 Å². The fourth-order valence-electron chi connectivity index (χ4n) is 3.03. The largest absolute Gasteiger partial charge is 0.486 e. The van der Waals surface area contributed by atoms with Crippen LogP contribution in [-0.2, 0) is 11.2 Å². The average Bonchev–Trinajstić information content (AvgIpc) is 3.21. The quantitative estimate of drug-likeness (QED) is 0.655. The molecule has 0 N–H and O–H groups in total. The van der Waals surface area contributed by atoms with Gasteiger partial charge in [0.15, 0.2) is 17.6 Å². The molecule has 1 aliphatic rings. The van der Waals surface area contributed by atoms with E-state index in [1.54, 1.807) is 11.9 Å². The third-order valence-corrected chi connectivity index (χ3v) is 4.52. The first-order valence-corrected chi connectivity index (χ1v) is 9.19. The first kappa shape index (κ1) is 18.0. The van der Waals surface area contributed by atoms with Crippen molar-refractivity contribution >= 4 is 5.91 Å². The van der Waals surface area contributed by atoms with Crippen molar-refractivity contribution in [2.75, 3.05) is 20.2 Å². The Balaban J connectivity index is 1.28. The molecule has 0 unspecified atom stereocenters. The summed E-state index contributed by atoms with van der Waals surface area (Å²) >= 11 is 0. The third-order valence-electron chi connectivity index (χ3n) is 4.52. The maximum atomic E-state index is 12.5. The summed E-state index contributed by atoms with van der Waals surface area (Å²) in [5.74, 6) is 2.41. The Bertz CT molecular complexity index is 942. The predicted molar refractivity (Wildman–Crippen MR) is 102 cm³/mol. The lowest BCUT2D eigenvalue weighted by Crippen LogP contribution is -2.41. The molecule has 7 heteroatoms. The molecular weight excluding hydrogens is 358 g/mol. The molecule has 7 nitrogen and oxygen atoms in total. The highest BCUT2D eigenvalue weighted by Gasteiger charge is 2.24. The molecule has 144 valence electrons. The maximum Gasteiger partial charge on any atom is 0.227 e. The van der Waals surface area contributed by atoms with Crippen LogP contribution in [0.4, 0.5) is 0 Å². The minimum atomic E-state index is -0.197. The Morgan fingerprint density at radius 3 is 2.68 bits per heavy atom. The molecule has 0 spiro atoms. The van der Waals surface area contributed by atoms with Crippen molar-refractivity contribution in [3.63, 3.8) is 0 Å². The van der Waals surface area contributed by atoms with Crippen LogP contribution in [0.15, 0.2) is 59.1 Å². The number of likely N-dealkylation sites (N-methyl/N-ethyl adjacent to an activating group) is 1. The number of aromatic nitrogens is 2. The van der Waals surface area contributed by atoms with Gasteiger partial charge in [-0.3, -0.25) is 4.79 Å². The van der Waals surface area contributed by atoms with Gasteiger partial charge in [-0.25, -0.2) is 0 Å². The number of carbonyl (C=O) groups is 1. The van der Waals surface area contributed by atoms with Crippen molar-refractivity contribution in [2.24, 2.45) is 0 Å². The highest BCUT2D eigenvalue weighted by molar-refractivity contribution is 5.76. The number of aryl methyl sites for hydroxylation is 1. The van der Waals surface area contributed by atoms with Crippen molar-refractivity contribution in [2.45, 2.75) is 18.9 Å². The molecule has 1 atom stereocenters. The second-order valence-corrected chi connectivity index (χ2v) is 6.65. The van der Waals surface area contributed by atoms with E-state index in [0.29, 0.717) is 37.0 Å². The van der Waals surface area contributed by atoms with Crippen LogP contribution in [0.25, 0.3) is 11.4 Å². The summed E-state index contributed by atoms with van der Waals surface area (Å²) < 4.78 is 16.9. The smallest absolute Gasteiger partial charge is 0.227 e. The Labute approximate surface area is 162 Å². The fraction of sp³-hybridized carbons (Fsp3) is 0.286. The molecule has 2 aromatic carbocycles. The molecule has 2 heterocycles. The minimum absolute atomic E-state index is 0.0121. The zero-order chi connectivity index (χ0) is 19.3. The monoisotopic (exact) mass is 379 g/mol. The second-order valence-electron chi connectivity index (χ2n) is 6.65. The summed E-state index contributed by atoms with van der Waals surface area (Å²) in [7, 11) is 1.76. The number of ether oxygens (including phenoxy) is 2. The molecule has 0 fully saturated rings. The molecule has 0 saturated carbocycles. The third kappa shape index (κ3) is 4.14. The van der Waals surface area contributed by atoms with Crippen LogP contribution in [0, 0.1) is 0 Å². The first-order chi connectivity index (χ1) is 13.7. The fourth-order valence-corrected chi connectivity index (χ4v) is 3.03. The second kappa shape index (κ2) is 8.12. The minimum Gasteiger partial charge on any atom is -0.486 e. The summed E-state index contributed by atoms with van der Waals surface area (Å²) in [4.78, 5) is 18.5. The molecule has 3 aromatic rings. The summed E-state index contributed by atoms with van der Waals surface area (Å²) in [6.45, 7) is 0.866. The Morgan fingerprint density at radius 1 is 1.11 bits per heavy atom. The van der Waals surface area contributed by atoms with Gasteiger partial charge in [0, 0.05) is 25.5 Å². The maximum absolute atomic E-state index is 12.5. The SMILES string of the molecule is CN(C[C@@H]1COc2ccccc2O1)C(=O)CCc1nc(-c2ccccc2)no1. The molecule has 4 rings (SSSR count). The number of para-hydroxylation sites is 2. The number of benzene rings is 2. The van der Waals surface area contributed by atoms with E-state index in [1.807, 2.05) is 54.6 Å². The highest BCUT2D eigenvalue weighted by atomic mass is 16.6. The number of carbonyl (C=O) groups excluding carboxylic acids is 1. The van der Waals surface area contributed by atoms with Gasteiger partial charge < -0.3 is 18.9 Å². The number of hydrogen-bond acceptors (Lipinski definition) is 6. The topological polar surface area (TPSA) is 77.7 Å². The highest BCUT2D eigenvalue weighted by Crippen LogP contribution is 2.31. The van der Waals surface area contributed by atoms with Crippen LogP contribution in [0.2, 0.25) is 0 Å². The van der Waals surface area contributed by atoms with Gasteiger partial charge in [0.05, 0.1) is 6.54 Å². The van der Waals surface area contributed by atoms with Crippen molar-refractivity contribution in [1.82, 2.24) is 15.0 Å². The predicted octanol–water partition coefficient (Wildman–Crippen LogP) is 2.97. The Morgan fingerprint density at radius 2 is 1.86 bits per heavy atom. The van der Waals surface area contributed by atoms with Crippen molar-refractivity contribution in [3.05, 3.63) is 60.5 Å². The van der Waals surface area contributed by atoms with Crippen LogP contribution in [0.1, 0.15) is 12.3 Å². The zero-order valence-corrected chi connectivity index (χ0v) is 15.6. The van der Waals surface area contributed by atoms with Crippen LogP contribution < -0.4 is 9.47 Å². The normalized spacial score (nSPS) is 15.2. The van der Waals surface area contributed by atoms with E-state index in [0.717, 1.165) is 11.3 Å². The van der Waals surface area contributed by atoms with Crippen LogP contribution in [-0.4, -0.2) is 47.3 Å². The van der Waals surface area contributed by atoms with Gasteiger partial charge in [-0.2, -0.15) is 4.98 Å². The van der Waals surface area contributed by atoms with Crippen LogP contribution in [0.3, 0.4) is 0 Å². The summed E-state index contributed by atoms with van der Waals surface area (Å²) in [5.41, 5.74) is 0.885. The average molecular weight is 379 g/mol. The van der Waals surface area contributed by atoms with Gasteiger partial charge in [-0.1, -0.05) is 47.6 Å². The summed E-state index contributed by atoms with van der Waals surface area (Å²) in [6.07, 6.45) is 0.488. The number of amides is 1. The van der Waals surface area contributed by atoms with E-state index in [4.69, 9.17) is 14.0 Å². The lowest BCUT2D eigenvalue weighted by Gasteiger charge is -2.29. The molecule has 1 aromatic heterocycles. The number of nitrogens with zero attached hydrogens (tertiary/aromatic N) is 3. The van der Waals surface area contributed by atoms with E-state index in [1.165, 1.54) is 0 Å². The Hall–Kier alpha value is -3.35. The number of hydrogen-bond donors (Lipinski definition) is 0. The molecule has 1 aliphatic heterocycles. The van der Waals surface area contributed by atoms with Gasteiger partial charge in [0.25, 0.3) is 0 Å². The standard InChI is InChI=1S/C21H21N3O4/c1-24(13-16-14-26-17-9-5-6-10-18(17)27-16)20(25)12-11-19-22-21(23-28-19)15-7-3-2-4-8-15/h2-10,16H,11-14H2,1H3/t16-/m1/s1. The lowest BCUT2D eigenvalue weighted by atomic mass is 10.2. The van der Waals surface area contributed by atoms with Crippen molar-refractivity contribution in [1.29, 1.82) is 0 Å².